The molecular weight excluding hydrogens is 326 g/mol. The van der Waals surface area contributed by atoms with Crippen molar-refractivity contribution in [2.24, 2.45) is 5.92 Å². The third-order valence-electron chi connectivity index (χ3n) is 4.21. The summed E-state index contributed by atoms with van der Waals surface area (Å²) in [7, 11) is 0. The summed E-state index contributed by atoms with van der Waals surface area (Å²) in [5.41, 5.74) is 2.43. The Morgan fingerprint density at radius 3 is 2.46 bits per heavy atom. The number of halogens is 1. The minimum Gasteiger partial charge on any atom is -0.426 e. The molecule has 5 heteroatoms. The van der Waals surface area contributed by atoms with Crippen LogP contribution in [0.15, 0.2) is 42.5 Å². The van der Waals surface area contributed by atoms with E-state index in [1.165, 1.54) is 0 Å². The SMILES string of the molecule is Cc1cccc(C)c1OC(=O)C1CC(=O)N(c2ccccc2Cl)C1. The van der Waals surface area contributed by atoms with Crippen LogP contribution in [0.2, 0.25) is 5.02 Å². The van der Waals surface area contributed by atoms with Crippen LogP contribution < -0.4 is 9.64 Å². The van der Waals surface area contributed by atoms with E-state index in [0.29, 0.717) is 16.5 Å². The Morgan fingerprint density at radius 1 is 1.12 bits per heavy atom. The van der Waals surface area contributed by atoms with E-state index in [9.17, 15) is 9.59 Å². The summed E-state index contributed by atoms with van der Waals surface area (Å²) in [6, 6.07) is 12.8. The summed E-state index contributed by atoms with van der Waals surface area (Å²) in [6.45, 7) is 4.07. The van der Waals surface area contributed by atoms with Gasteiger partial charge in [0, 0.05) is 13.0 Å². The zero-order valence-electron chi connectivity index (χ0n) is 13.6. The van der Waals surface area contributed by atoms with Crippen LogP contribution in [-0.4, -0.2) is 18.4 Å². The minimum absolute atomic E-state index is 0.119. The molecule has 1 heterocycles. The molecule has 0 N–H and O–H groups in total. The lowest BCUT2D eigenvalue weighted by Crippen LogP contribution is -2.27. The highest BCUT2D eigenvalue weighted by Crippen LogP contribution is 2.32. The Kier molecular flexibility index (Phi) is 4.58. The second kappa shape index (κ2) is 6.65. The maximum atomic E-state index is 12.5. The van der Waals surface area contributed by atoms with Crippen LogP contribution in [0.25, 0.3) is 0 Å². The molecule has 1 amide bonds. The number of anilines is 1. The van der Waals surface area contributed by atoms with E-state index in [2.05, 4.69) is 0 Å². The van der Waals surface area contributed by atoms with Gasteiger partial charge >= 0.3 is 5.97 Å². The highest BCUT2D eigenvalue weighted by Gasteiger charge is 2.37. The average Bonchev–Trinajstić information content (AvgIpc) is 2.93. The largest absolute Gasteiger partial charge is 0.426 e. The van der Waals surface area contributed by atoms with E-state index >= 15 is 0 Å². The van der Waals surface area contributed by atoms with E-state index in [-0.39, 0.29) is 24.8 Å². The first-order chi connectivity index (χ1) is 11.5. The number of hydrogen-bond acceptors (Lipinski definition) is 3. The highest BCUT2D eigenvalue weighted by molar-refractivity contribution is 6.33. The number of rotatable bonds is 3. The van der Waals surface area contributed by atoms with Crippen LogP contribution >= 0.6 is 11.6 Å². The Labute approximate surface area is 146 Å². The second-order valence-electron chi connectivity index (χ2n) is 6.00. The van der Waals surface area contributed by atoms with Crippen molar-refractivity contribution in [2.45, 2.75) is 20.3 Å². The zero-order chi connectivity index (χ0) is 17.3. The molecule has 3 rings (SSSR count). The lowest BCUT2D eigenvalue weighted by Gasteiger charge is -2.18. The van der Waals surface area contributed by atoms with Crippen molar-refractivity contribution >= 4 is 29.2 Å². The van der Waals surface area contributed by atoms with Gasteiger partial charge in [-0.25, -0.2) is 0 Å². The fourth-order valence-electron chi connectivity index (χ4n) is 2.91. The number of hydrogen-bond donors (Lipinski definition) is 0. The molecule has 1 atom stereocenters. The number of amides is 1. The lowest BCUT2D eigenvalue weighted by molar-refractivity contribution is -0.139. The zero-order valence-corrected chi connectivity index (χ0v) is 14.3. The lowest BCUT2D eigenvalue weighted by atomic mass is 10.1. The molecule has 2 aromatic carbocycles. The van der Waals surface area contributed by atoms with Gasteiger partial charge in [0.2, 0.25) is 5.91 Å². The molecule has 0 aromatic heterocycles. The normalized spacial score (nSPS) is 17.2. The van der Waals surface area contributed by atoms with E-state index in [0.717, 1.165) is 11.1 Å². The molecule has 24 heavy (non-hydrogen) atoms. The predicted molar refractivity (Wildman–Crippen MR) is 93.5 cm³/mol. The number of aryl methyl sites for hydroxylation is 2. The van der Waals surface area contributed by atoms with Gasteiger partial charge in [-0.3, -0.25) is 9.59 Å². The van der Waals surface area contributed by atoms with Gasteiger partial charge in [0.15, 0.2) is 0 Å². The second-order valence-corrected chi connectivity index (χ2v) is 6.41. The third-order valence-corrected chi connectivity index (χ3v) is 4.53. The van der Waals surface area contributed by atoms with Crippen molar-refractivity contribution in [2.75, 3.05) is 11.4 Å². The number of ether oxygens (including phenoxy) is 1. The summed E-state index contributed by atoms with van der Waals surface area (Å²) < 4.78 is 5.57. The van der Waals surface area contributed by atoms with Crippen molar-refractivity contribution in [1.29, 1.82) is 0 Å². The third kappa shape index (κ3) is 3.15. The highest BCUT2D eigenvalue weighted by atomic mass is 35.5. The van der Waals surface area contributed by atoms with Crippen molar-refractivity contribution in [3.63, 3.8) is 0 Å². The van der Waals surface area contributed by atoms with E-state index in [1.807, 2.05) is 38.1 Å². The summed E-state index contributed by atoms with van der Waals surface area (Å²) >= 11 is 6.16. The molecule has 0 spiro atoms. The molecule has 0 saturated carbocycles. The molecule has 1 saturated heterocycles. The molecule has 1 unspecified atom stereocenters. The standard InChI is InChI=1S/C19H18ClNO3/c1-12-6-5-7-13(2)18(12)24-19(23)14-10-17(22)21(11-14)16-9-4-3-8-15(16)20/h3-9,14H,10-11H2,1-2H3. The van der Waals surface area contributed by atoms with Crippen LogP contribution in [0.5, 0.6) is 5.75 Å². The average molecular weight is 344 g/mol. The first-order valence-corrected chi connectivity index (χ1v) is 8.18. The molecule has 2 aromatic rings. The van der Waals surface area contributed by atoms with Crippen molar-refractivity contribution in [3.8, 4) is 5.75 Å². The van der Waals surface area contributed by atoms with Gasteiger partial charge < -0.3 is 9.64 Å². The molecule has 124 valence electrons. The quantitative estimate of drug-likeness (QED) is 0.627. The van der Waals surface area contributed by atoms with Gasteiger partial charge in [-0.05, 0) is 37.1 Å². The van der Waals surface area contributed by atoms with E-state index in [1.54, 1.807) is 23.1 Å². The maximum Gasteiger partial charge on any atom is 0.316 e. The Bertz CT molecular complexity index is 783. The van der Waals surface area contributed by atoms with E-state index in [4.69, 9.17) is 16.3 Å². The summed E-state index contributed by atoms with van der Waals surface area (Å²) in [5, 5.41) is 0.495. The van der Waals surface area contributed by atoms with Gasteiger partial charge in [-0.15, -0.1) is 0 Å². The molecule has 4 nitrogen and oxygen atoms in total. The van der Waals surface area contributed by atoms with Crippen molar-refractivity contribution in [1.82, 2.24) is 0 Å². The summed E-state index contributed by atoms with van der Waals surface area (Å²) in [6.07, 6.45) is 0.134. The van der Waals surface area contributed by atoms with Crippen LogP contribution in [0.3, 0.4) is 0 Å². The minimum atomic E-state index is -0.493. The van der Waals surface area contributed by atoms with Gasteiger partial charge in [0.25, 0.3) is 0 Å². The Morgan fingerprint density at radius 2 is 1.79 bits per heavy atom. The maximum absolute atomic E-state index is 12.5. The van der Waals surface area contributed by atoms with Crippen LogP contribution in [0, 0.1) is 19.8 Å². The van der Waals surface area contributed by atoms with Crippen LogP contribution in [-0.2, 0) is 9.59 Å². The number of para-hydroxylation sites is 2. The van der Waals surface area contributed by atoms with Gasteiger partial charge in [0.05, 0.1) is 16.6 Å². The first-order valence-electron chi connectivity index (χ1n) is 7.80. The van der Waals surface area contributed by atoms with E-state index < -0.39 is 5.92 Å². The van der Waals surface area contributed by atoms with Crippen molar-refractivity contribution in [3.05, 3.63) is 58.6 Å². The monoisotopic (exact) mass is 343 g/mol. The van der Waals surface area contributed by atoms with Gasteiger partial charge in [-0.1, -0.05) is 41.9 Å². The fourth-order valence-corrected chi connectivity index (χ4v) is 3.15. The smallest absolute Gasteiger partial charge is 0.316 e. The predicted octanol–water partition coefficient (Wildman–Crippen LogP) is 3.92. The Hall–Kier alpha value is -2.33. The van der Waals surface area contributed by atoms with Crippen LogP contribution in [0.4, 0.5) is 5.69 Å². The fraction of sp³-hybridized carbons (Fsp3) is 0.263. The molecule has 0 aliphatic carbocycles. The molecule has 1 aliphatic heterocycles. The molecule has 0 radical (unpaired) electrons. The number of esters is 1. The number of benzene rings is 2. The number of nitrogens with zero attached hydrogens (tertiary/aromatic N) is 1. The number of carbonyl (C=O) groups excluding carboxylic acids is 2. The van der Waals surface area contributed by atoms with Gasteiger partial charge in [-0.2, -0.15) is 0 Å². The number of carbonyl (C=O) groups is 2. The topological polar surface area (TPSA) is 46.6 Å². The Balaban J connectivity index is 1.76. The summed E-state index contributed by atoms with van der Waals surface area (Å²) in [4.78, 5) is 26.3. The summed E-state index contributed by atoms with van der Waals surface area (Å²) in [5.74, 6) is -0.416. The molecule has 1 aliphatic rings. The molecule has 1 fully saturated rings. The molecular formula is C19H18ClNO3. The van der Waals surface area contributed by atoms with Gasteiger partial charge in [0.1, 0.15) is 5.75 Å². The van der Waals surface area contributed by atoms with Crippen molar-refractivity contribution < 1.29 is 14.3 Å². The molecule has 0 bridgehead atoms. The van der Waals surface area contributed by atoms with Crippen LogP contribution in [0.1, 0.15) is 17.5 Å². The first kappa shape index (κ1) is 16.5.